The summed E-state index contributed by atoms with van der Waals surface area (Å²) in [4.78, 5) is 8.02. The first-order valence-corrected chi connectivity index (χ1v) is 11.1. The molecule has 2 N–H and O–H groups in total. The summed E-state index contributed by atoms with van der Waals surface area (Å²) in [6.07, 6.45) is 1.05. The Hall–Kier alpha value is -3.29. The molecule has 33 heavy (non-hydrogen) atoms. The third-order valence-electron chi connectivity index (χ3n) is 5.56. The van der Waals surface area contributed by atoms with Gasteiger partial charge in [-0.25, -0.2) is 4.98 Å². The maximum atomic E-state index is 13.6. The lowest BCUT2D eigenvalue weighted by atomic mass is 9.98. The standard InChI is InChI=1S/C25H27F3N4O/c1-16(2)33-21-9-5-8-20(14-21)30-23-22(25(26,27)28)15-29-24(32-23)31-19-12-10-18(11-13-19)17-6-3-4-7-17/h5,8-17H,3-4,6-7H2,1-2H3,(H2,29,30,31,32). The minimum absolute atomic E-state index is 0.0547. The lowest BCUT2D eigenvalue weighted by Gasteiger charge is -2.16. The molecule has 4 rings (SSSR count). The number of halogens is 3. The minimum Gasteiger partial charge on any atom is -0.491 e. The van der Waals surface area contributed by atoms with Gasteiger partial charge >= 0.3 is 6.18 Å². The fourth-order valence-corrected chi connectivity index (χ4v) is 4.03. The summed E-state index contributed by atoms with van der Waals surface area (Å²) < 4.78 is 46.4. The molecule has 0 unspecified atom stereocenters. The van der Waals surface area contributed by atoms with Crippen molar-refractivity contribution >= 4 is 23.1 Å². The molecule has 1 fully saturated rings. The van der Waals surface area contributed by atoms with Gasteiger partial charge in [0.2, 0.25) is 5.95 Å². The van der Waals surface area contributed by atoms with Gasteiger partial charge in [0.25, 0.3) is 0 Å². The monoisotopic (exact) mass is 456 g/mol. The zero-order valence-corrected chi connectivity index (χ0v) is 18.6. The Morgan fingerprint density at radius 2 is 1.70 bits per heavy atom. The van der Waals surface area contributed by atoms with E-state index in [1.54, 1.807) is 24.3 Å². The molecule has 0 radical (unpaired) electrons. The van der Waals surface area contributed by atoms with Gasteiger partial charge in [-0.3, -0.25) is 0 Å². The summed E-state index contributed by atoms with van der Waals surface area (Å²) in [7, 11) is 0. The van der Waals surface area contributed by atoms with Crippen LogP contribution < -0.4 is 15.4 Å². The van der Waals surface area contributed by atoms with Crippen molar-refractivity contribution in [1.82, 2.24) is 9.97 Å². The molecular formula is C25H27F3N4O. The van der Waals surface area contributed by atoms with Crippen LogP contribution in [0.4, 0.5) is 36.3 Å². The van der Waals surface area contributed by atoms with Crippen LogP contribution in [0, 0.1) is 0 Å². The minimum atomic E-state index is -4.60. The topological polar surface area (TPSA) is 59.1 Å². The zero-order chi connectivity index (χ0) is 23.4. The van der Waals surface area contributed by atoms with E-state index in [1.165, 1.54) is 31.2 Å². The van der Waals surface area contributed by atoms with Crippen molar-refractivity contribution in [2.45, 2.75) is 57.7 Å². The molecular weight excluding hydrogens is 429 g/mol. The molecule has 1 aliphatic rings. The van der Waals surface area contributed by atoms with E-state index >= 15 is 0 Å². The first kappa shape index (κ1) is 22.9. The van der Waals surface area contributed by atoms with E-state index in [0.717, 1.165) is 11.9 Å². The Kier molecular flexibility index (Phi) is 6.72. The Balaban J connectivity index is 1.56. The van der Waals surface area contributed by atoms with Crippen molar-refractivity contribution < 1.29 is 17.9 Å². The van der Waals surface area contributed by atoms with Gasteiger partial charge in [0.1, 0.15) is 17.1 Å². The lowest BCUT2D eigenvalue weighted by Crippen LogP contribution is -2.13. The molecule has 2 aromatic carbocycles. The number of ether oxygens (including phenoxy) is 1. The highest BCUT2D eigenvalue weighted by molar-refractivity contribution is 5.64. The summed E-state index contributed by atoms with van der Waals surface area (Å²) in [5, 5.41) is 5.78. The quantitative estimate of drug-likeness (QED) is 0.387. The fraction of sp³-hybridized carbons (Fsp3) is 0.360. The maximum Gasteiger partial charge on any atom is 0.421 e. The van der Waals surface area contributed by atoms with Crippen molar-refractivity contribution in [2.24, 2.45) is 0 Å². The Morgan fingerprint density at radius 3 is 2.36 bits per heavy atom. The van der Waals surface area contributed by atoms with Crippen molar-refractivity contribution in [3.8, 4) is 5.75 Å². The first-order valence-electron chi connectivity index (χ1n) is 11.1. The van der Waals surface area contributed by atoms with Crippen LogP contribution in [0.5, 0.6) is 5.75 Å². The third kappa shape index (κ3) is 5.94. The normalized spacial score (nSPS) is 14.5. The first-order chi connectivity index (χ1) is 15.8. The van der Waals surface area contributed by atoms with Gasteiger partial charge in [-0.05, 0) is 62.4 Å². The van der Waals surface area contributed by atoms with E-state index in [0.29, 0.717) is 17.4 Å². The number of nitrogens with zero attached hydrogens (tertiary/aromatic N) is 2. The Bertz CT molecular complexity index is 1080. The molecule has 174 valence electrons. The van der Waals surface area contributed by atoms with Crippen LogP contribution >= 0.6 is 0 Å². The number of benzene rings is 2. The van der Waals surface area contributed by atoms with E-state index in [1.807, 2.05) is 26.0 Å². The molecule has 3 aromatic rings. The molecule has 1 heterocycles. The largest absolute Gasteiger partial charge is 0.491 e. The number of alkyl halides is 3. The smallest absolute Gasteiger partial charge is 0.421 e. The number of hydrogen-bond acceptors (Lipinski definition) is 5. The number of nitrogens with one attached hydrogen (secondary N) is 2. The zero-order valence-electron chi connectivity index (χ0n) is 18.6. The molecule has 1 aromatic heterocycles. The molecule has 8 heteroatoms. The lowest BCUT2D eigenvalue weighted by molar-refractivity contribution is -0.137. The van der Waals surface area contributed by atoms with Crippen molar-refractivity contribution in [1.29, 1.82) is 0 Å². The van der Waals surface area contributed by atoms with Crippen LogP contribution in [0.1, 0.15) is 56.6 Å². The summed E-state index contributed by atoms with van der Waals surface area (Å²) in [5.74, 6) is 0.893. The number of rotatable bonds is 7. The third-order valence-corrected chi connectivity index (χ3v) is 5.56. The molecule has 0 amide bonds. The summed E-state index contributed by atoms with van der Waals surface area (Å²) in [6.45, 7) is 3.76. The summed E-state index contributed by atoms with van der Waals surface area (Å²) in [5.41, 5.74) is 1.50. The van der Waals surface area contributed by atoms with Crippen molar-refractivity contribution in [3.05, 3.63) is 65.9 Å². The van der Waals surface area contributed by atoms with Crippen LogP contribution in [0.2, 0.25) is 0 Å². The van der Waals surface area contributed by atoms with Crippen LogP contribution in [0.15, 0.2) is 54.7 Å². The second kappa shape index (κ2) is 9.68. The maximum absolute atomic E-state index is 13.6. The fourth-order valence-electron chi connectivity index (χ4n) is 4.03. The highest BCUT2D eigenvalue weighted by Crippen LogP contribution is 2.37. The molecule has 0 saturated heterocycles. The second-order valence-electron chi connectivity index (χ2n) is 8.50. The molecule has 1 aliphatic carbocycles. The molecule has 5 nitrogen and oxygen atoms in total. The van der Waals surface area contributed by atoms with E-state index in [4.69, 9.17) is 4.74 Å². The highest BCUT2D eigenvalue weighted by Gasteiger charge is 2.35. The van der Waals surface area contributed by atoms with E-state index in [2.05, 4.69) is 32.7 Å². The van der Waals surface area contributed by atoms with E-state index in [-0.39, 0.29) is 17.9 Å². The van der Waals surface area contributed by atoms with Gasteiger partial charge in [0.05, 0.1) is 6.10 Å². The average Bonchev–Trinajstić information content (AvgIpc) is 3.28. The van der Waals surface area contributed by atoms with E-state index < -0.39 is 11.7 Å². The Labute approximate surface area is 191 Å². The van der Waals surface area contributed by atoms with E-state index in [9.17, 15) is 13.2 Å². The number of anilines is 4. The van der Waals surface area contributed by atoms with Gasteiger partial charge in [0.15, 0.2) is 0 Å². The molecule has 1 saturated carbocycles. The van der Waals surface area contributed by atoms with Crippen LogP contribution in [0.25, 0.3) is 0 Å². The SMILES string of the molecule is CC(C)Oc1cccc(Nc2nc(Nc3ccc(C4CCCC4)cc3)ncc2C(F)(F)F)c1. The molecule has 0 spiro atoms. The van der Waals surface area contributed by atoms with Gasteiger partial charge in [-0.15, -0.1) is 0 Å². The molecule has 0 bridgehead atoms. The second-order valence-corrected chi connectivity index (χ2v) is 8.50. The number of hydrogen-bond donors (Lipinski definition) is 2. The predicted octanol–water partition coefficient (Wildman–Crippen LogP) is 7.43. The van der Waals surface area contributed by atoms with Gasteiger partial charge < -0.3 is 15.4 Å². The molecule has 0 aliphatic heterocycles. The van der Waals surface area contributed by atoms with Gasteiger partial charge in [0, 0.05) is 23.6 Å². The van der Waals surface area contributed by atoms with Gasteiger partial charge in [-0.1, -0.05) is 31.0 Å². The summed E-state index contributed by atoms with van der Waals surface area (Å²) in [6, 6.07) is 14.7. The van der Waals surface area contributed by atoms with Crippen molar-refractivity contribution in [3.63, 3.8) is 0 Å². The van der Waals surface area contributed by atoms with Crippen LogP contribution in [-0.4, -0.2) is 16.1 Å². The van der Waals surface area contributed by atoms with Gasteiger partial charge in [-0.2, -0.15) is 18.2 Å². The molecule has 0 atom stereocenters. The van der Waals surface area contributed by atoms with Crippen LogP contribution in [-0.2, 0) is 6.18 Å². The highest BCUT2D eigenvalue weighted by atomic mass is 19.4. The predicted molar refractivity (Wildman–Crippen MR) is 123 cm³/mol. The summed E-state index contributed by atoms with van der Waals surface area (Å²) >= 11 is 0. The van der Waals surface area contributed by atoms with Crippen molar-refractivity contribution in [2.75, 3.05) is 10.6 Å². The average molecular weight is 457 g/mol. The van der Waals surface area contributed by atoms with Crippen LogP contribution in [0.3, 0.4) is 0 Å². The number of aromatic nitrogens is 2. The Morgan fingerprint density at radius 1 is 0.970 bits per heavy atom.